The maximum atomic E-state index is 12.4. The van der Waals surface area contributed by atoms with Crippen molar-refractivity contribution in [3.8, 4) is 28.7 Å². The molecule has 0 spiro atoms. The zero-order valence-corrected chi connectivity index (χ0v) is 19.0. The van der Waals surface area contributed by atoms with Crippen molar-refractivity contribution >= 4 is 17.9 Å². The Balaban J connectivity index is 1.59. The van der Waals surface area contributed by atoms with Gasteiger partial charge in [-0.25, -0.2) is 9.59 Å². The summed E-state index contributed by atoms with van der Waals surface area (Å²) in [6.07, 6.45) is 1.03. The molecule has 34 heavy (non-hydrogen) atoms. The van der Waals surface area contributed by atoms with Gasteiger partial charge in [0.1, 0.15) is 17.2 Å². The van der Waals surface area contributed by atoms with E-state index < -0.39 is 11.9 Å². The summed E-state index contributed by atoms with van der Waals surface area (Å²) in [5.41, 5.74) is 0.550. The molecule has 0 atom stereocenters. The Bertz CT molecular complexity index is 1150. The zero-order chi connectivity index (χ0) is 24.5. The van der Waals surface area contributed by atoms with Crippen LogP contribution in [-0.4, -0.2) is 32.1 Å². The minimum Gasteiger partial charge on any atom is -0.493 e. The van der Waals surface area contributed by atoms with Gasteiger partial charge in [0, 0.05) is 6.42 Å². The molecule has 0 N–H and O–H groups in total. The summed E-state index contributed by atoms with van der Waals surface area (Å²) in [6.45, 7) is 1.89. The number of hydrogen-bond donors (Lipinski definition) is 0. The van der Waals surface area contributed by atoms with Gasteiger partial charge in [-0.15, -0.1) is 0 Å². The quantitative estimate of drug-likeness (QED) is 0.328. The van der Waals surface area contributed by atoms with Crippen LogP contribution in [0.2, 0.25) is 0 Å². The van der Waals surface area contributed by atoms with Gasteiger partial charge in [0.2, 0.25) is 0 Å². The summed E-state index contributed by atoms with van der Waals surface area (Å²) in [4.78, 5) is 36.4. The highest BCUT2D eigenvalue weighted by Crippen LogP contribution is 2.28. The number of hydrogen-bond acceptors (Lipinski definition) is 8. The molecule has 0 radical (unpaired) electrons. The van der Waals surface area contributed by atoms with Crippen molar-refractivity contribution in [1.82, 2.24) is 0 Å². The van der Waals surface area contributed by atoms with Gasteiger partial charge in [-0.2, -0.15) is 0 Å². The molecule has 0 aromatic heterocycles. The molecule has 0 amide bonds. The lowest BCUT2D eigenvalue weighted by Crippen LogP contribution is -2.10. The third-order valence-electron chi connectivity index (χ3n) is 4.64. The second-order valence-corrected chi connectivity index (χ2v) is 7.07. The molecular weight excluding hydrogens is 440 g/mol. The first kappa shape index (κ1) is 24.3. The molecule has 8 nitrogen and oxygen atoms in total. The smallest absolute Gasteiger partial charge is 0.343 e. The maximum absolute atomic E-state index is 12.4. The molecular formula is C26H24O8. The highest BCUT2D eigenvalue weighted by Gasteiger charge is 2.14. The highest BCUT2D eigenvalue weighted by atomic mass is 16.5. The highest BCUT2D eigenvalue weighted by molar-refractivity contribution is 5.93. The average molecular weight is 464 g/mol. The number of ether oxygens (including phenoxy) is 5. The summed E-state index contributed by atoms with van der Waals surface area (Å²) >= 11 is 0. The second-order valence-electron chi connectivity index (χ2n) is 7.07. The normalized spacial score (nSPS) is 10.2. The van der Waals surface area contributed by atoms with Gasteiger partial charge in [-0.1, -0.05) is 6.92 Å². The van der Waals surface area contributed by atoms with Crippen molar-refractivity contribution in [1.29, 1.82) is 0 Å². The van der Waals surface area contributed by atoms with Crippen LogP contribution in [0, 0.1) is 0 Å². The largest absolute Gasteiger partial charge is 0.493 e. The molecule has 3 aromatic carbocycles. The molecule has 3 rings (SSSR count). The molecule has 3 aromatic rings. The van der Waals surface area contributed by atoms with Crippen LogP contribution in [0.1, 0.15) is 40.5 Å². The van der Waals surface area contributed by atoms with Gasteiger partial charge < -0.3 is 23.7 Å². The fourth-order valence-corrected chi connectivity index (χ4v) is 2.92. The molecule has 0 heterocycles. The molecule has 8 heteroatoms. The summed E-state index contributed by atoms with van der Waals surface area (Å²) in [6, 6.07) is 16.8. The summed E-state index contributed by atoms with van der Waals surface area (Å²) in [5, 5.41) is 0. The zero-order valence-electron chi connectivity index (χ0n) is 19.0. The number of carbonyl (C=O) groups is 3. The second kappa shape index (κ2) is 11.5. The number of esters is 3. The van der Waals surface area contributed by atoms with E-state index >= 15 is 0 Å². The number of benzene rings is 3. The van der Waals surface area contributed by atoms with E-state index in [0.717, 1.165) is 0 Å². The van der Waals surface area contributed by atoms with Crippen molar-refractivity contribution in [3.63, 3.8) is 0 Å². The van der Waals surface area contributed by atoms with E-state index in [1.54, 1.807) is 24.3 Å². The van der Waals surface area contributed by atoms with Crippen molar-refractivity contribution in [2.75, 3.05) is 14.2 Å². The van der Waals surface area contributed by atoms with E-state index in [2.05, 4.69) is 0 Å². The third-order valence-corrected chi connectivity index (χ3v) is 4.64. The standard InChI is InChI=1S/C26H24O8/c1-4-5-24(27)32-19-11-13-21(14-12-19)33-25(28)17-6-9-20(10-7-17)34-26(29)18-8-15-22(30-2)23(16-18)31-3/h6-16H,4-5H2,1-3H3. The Kier molecular flexibility index (Phi) is 8.23. The van der Waals surface area contributed by atoms with Gasteiger partial charge in [-0.05, 0) is 73.2 Å². The van der Waals surface area contributed by atoms with Crippen LogP contribution >= 0.6 is 0 Å². The first-order valence-electron chi connectivity index (χ1n) is 10.5. The van der Waals surface area contributed by atoms with Gasteiger partial charge >= 0.3 is 17.9 Å². The summed E-state index contributed by atoms with van der Waals surface area (Å²) in [7, 11) is 2.98. The summed E-state index contributed by atoms with van der Waals surface area (Å²) < 4.78 is 26.2. The van der Waals surface area contributed by atoms with E-state index in [0.29, 0.717) is 35.8 Å². The molecule has 0 saturated heterocycles. The lowest BCUT2D eigenvalue weighted by molar-refractivity contribution is -0.134. The van der Waals surface area contributed by atoms with Crippen molar-refractivity contribution < 1.29 is 38.1 Å². The van der Waals surface area contributed by atoms with E-state index in [9.17, 15) is 14.4 Å². The Hall–Kier alpha value is -4.33. The molecule has 0 unspecified atom stereocenters. The minimum absolute atomic E-state index is 0.259. The lowest BCUT2D eigenvalue weighted by Gasteiger charge is -2.10. The molecule has 0 fully saturated rings. The predicted octanol–water partition coefficient (Wildman–Crippen LogP) is 4.85. The maximum Gasteiger partial charge on any atom is 0.343 e. The van der Waals surface area contributed by atoms with Crippen LogP contribution < -0.4 is 23.7 Å². The topological polar surface area (TPSA) is 97.4 Å². The predicted molar refractivity (Wildman–Crippen MR) is 123 cm³/mol. The molecule has 0 aliphatic heterocycles. The molecule has 0 saturated carbocycles. The Morgan fingerprint density at radius 1 is 0.618 bits per heavy atom. The SMILES string of the molecule is CCCC(=O)Oc1ccc(OC(=O)c2ccc(OC(=O)c3ccc(OC)c(OC)c3)cc2)cc1. The van der Waals surface area contributed by atoms with E-state index in [1.807, 2.05) is 6.92 Å². The van der Waals surface area contributed by atoms with E-state index in [4.69, 9.17) is 23.7 Å². The van der Waals surface area contributed by atoms with E-state index in [1.165, 1.54) is 56.7 Å². The number of methoxy groups -OCH3 is 2. The van der Waals surface area contributed by atoms with Gasteiger partial charge in [-0.3, -0.25) is 4.79 Å². The number of carbonyl (C=O) groups excluding carboxylic acids is 3. The Labute approximate surface area is 197 Å². The molecule has 0 aliphatic carbocycles. The Morgan fingerprint density at radius 2 is 1.09 bits per heavy atom. The van der Waals surface area contributed by atoms with Crippen LogP contribution in [0.4, 0.5) is 0 Å². The summed E-state index contributed by atoms with van der Waals surface area (Å²) in [5.74, 6) is 0.331. The van der Waals surface area contributed by atoms with Crippen LogP contribution in [0.25, 0.3) is 0 Å². The third kappa shape index (κ3) is 6.35. The van der Waals surface area contributed by atoms with Crippen LogP contribution in [0.3, 0.4) is 0 Å². The molecule has 0 aliphatic rings. The van der Waals surface area contributed by atoms with Crippen molar-refractivity contribution in [2.24, 2.45) is 0 Å². The van der Waals surface area contributed by atoms with Crippen LogP contribution in [0.15, 0.2) is 66.7 Å². The first-order valence-corrected chi connectivity index (χ1v) is 10.5. The average Bonchev–Trinajstić information content (AvgIpc) is 2.85. The Morgan fingerprint density at radius 3 is 1.62 bits per heavy atom. The van der Waals surface area contributed by atoms with Crippen LogP contribution in [0.5, 0.6) is 28.7 Å². The fraction of sp³-hybridized carbons (Fsp3) is 0.192. The molecule has 176 valence electrons. The minimum atomic E-state index is -0.589. The monoisotopic (exact) mass is 464 g/mol. The van der Waals surface area contributed by atoms with Crippen LogP contribution in [-0.2, 0) is 4.79 Å². The lowest BCUT2D eigenvalue weighted by atomic mass is 10.2. The molecule has 0 bridgehead atoms. The van der Waals surface area contributed by atoms with E-state index in [-0.39, 0.29) is 22.8 Å². The van der Waals surface area contributed by atoms with Gasteiger partial charge in [0.25, 0.3) is 0 Å². The first-order chi connectivity index (χ1) is 16.4. The number of rotatable bonds is 9. The van der Waals surface area contributed by atoms with Crippen molar-refractivity contribution in [3.05, 3.63) is 77.9 Å². The fourth-order valence-electron chi connectivity index (χ4n) is 2.92. The van der Waals surface area contributed by atoms with Gasteiger partial charge in [0.15, 0.2) is 11.5 Å². The van der Waals surface area contributed by atoms with Gasteiger partial charge in [0.05, 0.1) is 25.3 Å². The van der Waals surface area contributed by atoms with Crippen molar-refractivity contribution in [2.45, 2.75) is 19.8 Å².